The van der Waals surface area contributed by atoms with Gasteiger partial charge in [-0.05, 0) is 31.0 Å². The smallest absolute Gasteiger partial charge is 0.251 e. The van der Waals surface area contributed by atoms with Crippen molar-refractivity contribution in [2.24, 2.45) is 4.99 Å². The van der Waals surface area contributed by atoms with Crippen molar-refractivity contribution in [3.8, 4) is 0 Å². The van der Waals surface area contributed by atoms with Crippen LogP contribution in [0.25, 0.3) is 0 Å². The van der Waals surface area contributed by atoms with Crippen LogP contribution in [0.15, 0.2) is 29.3 Å². The van der Waals surface area contributed by atoms with Gasteiger partial charge in [0.25, 0.3) is 5.91 Å². The van der Waals surface area contributed by atoms with Crippen molar-refractivity contribution in [2.45, 2.75) is 58.5 Å². The zero-order valence-corrected chi connectivity index (χ0v) is 15.5. The van der Waals surface area contributed by atoms with Gasteiger partial charge in [0.15, 0.2) is 5.96 Å². The average molecular weight is 332 g/mol. The van der Waals surface area contributed by atoms with Crippen LogP contribution < -0.4 is 16.0 Å². The standard InChI is InChI=1S/C19H32N4O/c1-5-6-7-8-9-15(2)23-19(21-4)22-14-16-10-12-17(13-11-16)18(24)20-3/h10-13,15H,5-9,14H2,1-4H3,(H,20,24)(H2,21,22,23). The molecule has 1 unspecified atom stereocenters. The average Bonchev–Trinajstić information content (AvgIpc) is 2.62. The molecule has 0 aliphatic rings. The maximum atomic E-state index is 11.5. The van der Waals surface area contributed by atoms with E-state index in [-0.39, 0.29) is 5.91 Å². The zero-order chi connectivity index (χ0) is 17.8. The van der Waals surface area contributed by atoms with Gasteiger partial charge in [0.05, 0.1) is 0 Å². The summed E-state index contributed by atoms with van der Waals surface area (Å²) >= 11 is 0. The third kappa shape index (κ3) is 7.49. The number of rotatable bonds is 9. The predicted molar refractivity (Wildman–Crippen MR) is 101 cm³/mol. The number of carbonyl (C=O) groups excluding carboxylic acids is 1. The van der Waals surface area contributed by atoms with E-state index < -0.39 is 0 Å². The van der Waals surface area contributed by atoms with Crippen molar-refractivity contribution in [3.63, 3.8) is 0 Å². The molecular formula is C19H32N4O. The molecule has 0 saturated heterocycles. The molecule has 0 fully saturated rings. The lowest BCUT2D eigenvalue weighted by molar-refractivity contribution is 0.0963. The fourth-order valence-electron chi connectivity index (χ4n) is 2.48. The molecule has 1 amide bonds. The van der Waals surface area contributed by atoms with E-state index in [1.807, 2.05) is 24.3 Å². The molecule has 0 aliphatic carbocycles. The molecule has 3 N–H and O–H groups in total. The number of nitrogens with zero attached hydrogens (tertiary/aromatic N) is 1. The lowest BCUT2D eigenvalue weighted by atomic mass is 10.1. The number of aliphatic imine (C=N–C) groups is 1. The Morgan fingerprint density at radius 2 is 1.88 bits per heavy atom. The minimum absolute atomic E-state index is 0.0658. The minimum Gasteiger partial charge on any atom is -0.355 e. The van der Waals surface area contributed by atoms with Gasteiger partial charge >= 0.3 is 0 Å². The van der Waals surface area contributed by atoms with E-state index in [2.05, 4.69) is 34.8 Å². The van der Waals surface area contributed by atoms with Crippen LogP contribution in [0.2, 0.25) is 0 Å². The Labute approximate surface area is 146 Å². The fourth-order valence-corrected chi connectivity index (χ4v) is 2.48. The Balaban J connectivity index is 2.39. The molecule has 5 nitrogen and oxygen atoms in total. The van der Waals surface area contributed by atoms with Crippen LogP contribution in [0.5, 0.6) is 0 Å². The molecule has 0 heterocycles. The third-order valence-corrected chi connectivity index (χ3v) is 4.00. The van der Waals surface area contributed by atoms with E-state index in [1.165, 1.54) is 25.7 Å². The van der Waals surface area contributed by atoms with Gasteiger partial charge in [-0.1, -0.05) is 44.7 Å². The first-order chi connectivity index (χ1) is 11.6. The summed E-state index contributed by atoms with van der Waals surface area (Å²) in [6.07, 6.45) is 6.28. The molecular weight excluding hydrogens is 300 g/mol. The lowest BCUT2D eigenvalue weighted by Gasteiger charge is -2.18. The molecule has 1 atom stereocenters. The van der Waals surface area contributed by atoms with Gasteiger partial charge in [0.2, 0.25) is 0 Å². The monoisotopic (exact) mass is 332 g/mol. The van der Waals surface area contributed by atoms with E-state index in [9.17, 15) is 4.79 Å². The second-order valence-corrected chi connectivity index (χ2v) is 6.10. The number of benzene rings is 1. The minimum atomic E-state index is -0.0658. The number of hydrogen-bond acceptors (Lipinski definition) is 2. The number of carbonyl (C=O) groups is 1. The number of unbranched alkanes of at least 4 members (excludes halogenated alkanes) is 3. The van der Waals surface area contributed by atoms with E-state index in [1.54, 1.807) is 14.1 Å². The van der Waals surface area contributed by atoms with Crippen LogP contribution in [0.3, 0.4) is 0 Å². The quantitative estimate of drug-likeness (QED) is 0.370. The highest BCUT2D eigenvalue weighted by Crippen LogP contribution is 2.06. The highest BCUT2D eigenvalue weighted by Gasteiger charge is 2.06. The Morgan fingerprint density at radius 3 is 2.46 bits per heavy atom. The summed E-state index contributed by atoms with van der Waals surface area (Å²) in [5.74, 6) is 0.747. The zero-order valence-electron chi connectivity index (χ0n) is 15.5. The molecule has 1 rings (SSSR count). The normalized spacial score (nSPS) is 12.6. The molecule has 0 bridgehead atoms. The summed E-state index contributed by atoms with van der Waals surface area (Å²) in [5, 5.41) is 9.37. The summed E-state index contributed by atoms with van der Waals surface area (Å²) in [6.45, 7) is 5.10. The van der Waals surface area contributed by atoms with Crippen molar-refractivity contribution >= 4 is 11.9 Å². The highest BCUT2D eigenvalue weighted by molar-refractivity contribution is 5.93. The van der Waals surface area contributed by atoms with E-state index in [0.717, 1.165) is 17.9 Å². The fraction of sp³-hybridized carbons (Fsp3) is 0.579. The molecule has 1 aromatic carbocycles. The van der Waals surface area contributed by atoms with Crippen LogP contribution in [-0.2, 0) is 6.54 Å². The molecule has 0 aromatic heterocycles. The first kappa shape index (κ1) is 20.0. The second kappa shape index (κ2) is 11.5. The topological polar surface area (TPSA) is 65.5 Å². The maximum absolute atomic E-state index is 11.5. The summed E-state index contributed by atoms with van der Waals surface area (Å²) in [4.78, 5) is 15.8. The van der Waals surface area contributed by atoms with Crippen molar-refractivity contribution in [1.29, 1.82) is 0 Å². The third-order valence-electron chi connectivity index (χ3n) is 4.00. The van der Waals surface area contributed by atoms with Crippen LogP contribution in [0.1, 0.15) is 61.9 Å². The van der Waals surface area contributed by atoms with Crippen molar-refractivity contribution in [1.82, 2.24) is 16.0 Å². The van der Waals surface area contributed by atoms with Gasteiger partial charge in [-0.3, -0.25) is 9.79 Å². The largest absolute Gasteiger partial charge is 0.355 e. The predicted octanol–water partition coefficient (Wildman–Crippen LogP) is 3.07. The van der Waals surface area contributed by atoms with E-state index in [4.69, 9.17) is 0 Å². The Hall–Kier alpha value is -2.04. The van der Waals surface area contributed by atoms with Crippen molar-refractivity contribution < 1.29 is 4.79 Å². The van der Waals surface area contributed by atoms with Gasteiger partial charge in [0.1, 0.15) is 0 Å². The van der Waals surface area contributed by atoms with Crippen LogP contribution in [0.4, 0.5) is 0 Å². The maximum Gasteiger partial charge on any atom is 0.251 e. The van der Waals surface area contributed by atoms with Crippen molar-refractivity contribution in [2.75, 3.05) is 14.1 Å². The molecule has 134 valence electrons. The Bertz CT molecular complexity index is 511. The number of guanidine groups is 1. The SMILES string of the molecule is CCCCCCC(C)NC(=NC)NCc1ccc(C(=O)NC)cc1. The van der Waals surface area contributed by atoms with Crippen molar-refractivity contribution in [3.05, 3.63) is 35.4 Å². The Morgan fingerprint density at radius 1 is 1.17 bits per heavy atom. The van der Waals surface area contributed by atoms with Gasteiger partial charge in [0, 0.05) is 32.2 Å². The number of amides is 1. The van der Waals surface area contributed by atoms with E-state index in [0.29, 0.717) is 18.2 Å². The van der Waals surface area contributed by atoms with Crippen LogP contribution in [0, 0.1) is 0 Å². The van der Waals surface area contributed by atoms with Gasteiger partial charge in [-0.15, -0.1) is 0 Å². The molecule has 0 saturated carbocycles. The summed E-state index contributed by atoms with van der Waals surface area (Å²) in [6, 6.07) is 7.99. The second-order valence-electron chi connectivity index (χ2n) is 6.10. The molecule has 1 aromatic rings. The number of nitrogens with one attached hydrogen (secondary N) is 3. The molecule has 0 radical (unpaired) electrons. The first-order valence-corrected chi connectivity index (χ1v) is 8.88. The van der Waals surface area contributed by atoms with Gasteiger partial charge in [-0.2, -0.15) is 0 Å². The molecule has 5 heteroatoms. The lowest BCUT2D eigenvalue weighted by Crippen LogP contribution is -2.41. The van der Waals surface area contributed by atoms with Crippen LogP contribution in [-0.4, -0.2) is 32.0 Å². The highest BCUT2D eigenvalue weighted by atomic mass is 16.1. The summed E-state index contributed by atoms with van der Waals surface area (Å²) in [5.41, 5.74) is 1.78. The van der Waals surface area contributed by atoms with Gasteiger partial charge < -0.3 is 16.0 Å². The first-order valence-electron chi connectivity index (χ1n) is 8.88. The summed E-state index contributed by atoms with van der Waals surface area (Å²) in [7, 11) is 3.42. The molecule has 0 aliphatic heterocycles. The number of hydrogen-bond donors (Lipinski definition) is 3. The Kier molecular flexibility index (Phi) is 9.58. The van der Waals surface area contributed by atoms with Crippen LogP contribution >= 0.6 is 0 Å². The van der Waals surface area contributed by atoms with Gasteiger partial charge in [-0.25, -0.2) is 0 Å². The molecule has 0 spiro atoms. The van der Waals surface area contributed by atoms with E-state index >= 15 is 0 Å². The molecule has 24 heavy (non-hydrogen) atoms. The summed E-state index contributed by atoms with van der Waals surface area (Å²) < 4.78 is 0.